The van der Waals surface area contributed by atoms with Gasteiger partial charge in [-0.1, -0.05) is 0 Å². The number of rotatable bonds is 1. The van der Waals surface area contributed by atoms with Gasteiger partial charge in [0.15, 0.2) is 0 Å². The van der Waals surface area contributed by atoms with Crippen molar-refractivity contribution in [1.29, 1.82) is 0 Å². The molecule has 0 radical (unpaired) electrons. The van der Waals surface area contributed by atoms with Gasteiger partial charge in [0.05, 0.1) is 16.1 Å². The first-order valence-corrected chi connectivity index (χ1v) is 5.31. The van der Waals surface area contributed by atoms with Crippen LogP contribution in [-0.2, 0) is 14.9 Å². The zero-order valence-electron chi connectivity index (χ0n) is 8.22. The minimum atomic E-state index is -4.36. The second-order valence-electron chi connectivity index (χ2n) is 2.97. The molecule has 0 fully saturated rings. The molecule has 0 unspecified atom stereocenters. The van der Waals surface area contributed by atoms with Crippen molar-refractivity contribution in [3.63, 3.8) is 0 Å². The Balaban J connectivity index is 0.00000128. The molecule has 16 heavy (non-hydrogen) atoms. The van der Waals surface area contributed by atoms with Gasteiger partial charge in [0, 0.05) is 0 Å². The van der Waals surface area contributed by atoms with Gasteiger partial charge >= 0.3 is 51.4 Å². The number of hydrogen-bond acceptors (Lipinski definition) is 4. The molecule has 1 aliphatic heterocycles. The first-order chi connectivity index (χ1) is 6.89. The van der Waals surface area contributed by atoms with Crippen LogP contribution in [0.1, 0.15) is 10.4 Å². The quantitative estimate of drug-likeness (QED) is 0.322. The Hall–Kier alpha value is -0.0936. The molecule has 6 nitrogen and oxygen atoms in total. The Labute approximate surface area is 134 Å². The summed E-state index contributed by atoms with van der Waals surface area (Å²) < 4.78 is 30.2. The normalized spacial score (nSPS) is 14.1. The largest absolute Gasteiger partial charge is 1.00 e. The van der Waals surface area contributed by atoms with Crippen molar-refractivity contribution >= 4 is 27.5 Å². The van der Waals surface area contributed by atoms with Crippen LogP contribution in [-0.4, -0.2) is 24.7 Å². The molecule has 2 N–H and O–H groups in total. The number of benzene rings is 1. The van der Waals surface area contributed by atoms with E-state index in [1.54, 1.807) is 0 Å². The number of amides is 1. The number of ketones is 1. The van der Waals surface area contributed by atoms with Crippen LogP contribution in [0.5, 0.6) is 0 Å². The Kier molecular flexibility index (Phi) is 4.06. The monoisotopic (exact) mass is 266 g/mol. The van der Waals surface area contributed by atoms with Crippen LogP contribution in [0.25, 0.3) is 0 Å². The van der Waals surface area contributed by atoms with E-state index in [-0.39, 0.29) is 62.6 Å². The standard InChI is InChI=1S/C8H5NO5S.K/c10-7-5-3-4(15(12,13)14)1-2-6(5)9-8(7)11;/h1-3H,(H,9,10,11)(H,12,13,14);/q;+1. The van der Waals surface area contributed by atoms with E-state index in [9.17, 15) is 18.0 Å². The number of fused-ring (bicyclic) bond motifs is 1. The molecule has 1 aromatic carbocycles. The number of carbonyl (C=O) groups is 2. The molecule has 1 aliphatic rings. The molecule has 0 aliphatic carbocycles. The van der Waals surface area contributed by atoms with Crippen LogP contribution < -0.4 is 56.7 Å². The van der Waals surface area contributed by atoms with Crippen LogP contribution >= 0.6 is 0 Å². The van der Waals surface area contributed by atoms with E-state index in [1.165, 1.54) is 6.07 Å². The van der Waals surface area contributed by atoms with Crippen LogP contribution in [0.4, 0.5) is 5.69 Å². The molecular formula is C8H5KNO5S+. The Bertz CT molecular complexity index is 580. The third-order valence-electron chi connectivity index (χ3n) is 1.99. The average molecular weight is 266 g/mol. The summed E-state index contributed by atoms with van der Waals surface area (Å²) in [5.74, 6) is -1.62. The van der Waals surface area contributed by atoms with Gasteiger partial charge in [-0.2, -0.15) is 8.42 Å². The molecule has 0 saturated heterocycles. The van der Waals surface area contributed by atoms with Crippen LogP contribution in [0.15, 0.2) is 23.1 Å². The van der Waals surface area contributed by atoms with Crippen molar-refractivity contribution < 1.29 is 73.9 Å². The summed E-state index contributed by atoms with van der Waals surface area (Å²) in [7, 11) is -4.36. The topological polar surface area (TPSA) is 101 Å². The van der Waals surface area contributed by atoms with E-state index in [1.807, 2.05) is 0 Å². The average Bonchev–Trinajstić information content (AvgIpc) is 2.41. The van der Waals surface area contributed by atoms with Crippen LogP contribution in [0.3, 0.4) is 0 Å². The SMILES string of the molecule is O=C1Nc2ccc(S(=O)(=O)O)cc2C1=O.[K+]. The van der Waals surface area contributed by atoms with Gasteiger partial charge in [0.25, 0.3) is 21.8 Å². The smallest absolute Gasteiger partial charge is 0.318 e. The summed E-state index contributed by atoms with van der Waals surface area (Å²) in [5, 5.41) is 2.26. The van der Waals surface area contributed by atoms with Crippen LogP contribution in [0.2, 0.25) is 0 Å². The summed E-state index contributed by atoms with van der Waals surface area (Å²) >= 11 is 0. The zero-order valence-corrected chi connectivity index (χ0v) is 12.2. The van der Waals surface area contributed by atoms with Crippen LogP contribution in [0, 0.1) is 0 Å². The minimum absolute atomic E-state index is 0. The first-order valence-electron chi connectivity index (χ1n) is 3.87. The molecule has 1 amide bonds. The summed E-state index contributed by atoms with van der Waals surface area (Å²) in [6.45, 7) is 0. The maximum absolute atomic E-state index is 11.2. The van der Waals surface area contributed by atoms with Gasteiger partial charge in [0.2, 0.25) is 0 Å². The van der Waals surface area contributed by atoms with Crippen molar-refractivity contribution in [2.75, 3.05) is 5.32 Å². The number of Topliss-reactive ketones (excluding diaryl/α,β-unsaturated/α-hetero) is 1. The van der Waals surface area contributed by atoms with Gasteiger partial charge in [0.1, 0.15) is 0 Å². The summed E-state index contributed by atoms with van der Waals surface area (Å²) in [6, 6.07) is 3.32. The van der Waals surface area contributed by atoms with E-state index in [2.05, 4.69) is 5.32 Å². The van der Waals surface area contributed by atoms with E-state index in [4.69, 9.17) is 4.55 Å². The summed E-state index contributed by atoms with van der Waals surface area (Å²) in [6.07, 6.45) is 0. The third-order valence-corrected chi connectivity index (χ3v) is 2.84. The van der Waals surface area contributed by atoms with Crippen molar-refractivity contribution in [3.05, 3.63) is 23.8 Å². The van der Waals surface area contributed by atoms with Crippen molar-refractivity contribution in [2.45, 2.75) is 4.90 Å². The molecule has 1 heterocycles. The molecule has 1 aromatic rings. The molecule has 0 bridgehead atoms. The second kappa shape index (κ2) is 4.65. The molecule has 0 atom stereocenters. The van der Waals surface area contributed by atoms with E-state index < -0.39 is 26.7 Å². The predicted molar refractivity (Wildman–Crippen MR) is 49.2 cm³/mol. The fourth-order valence-corrected chi connectivity index (χ4v) is 1.79. The Morgan fingerprint density at radius 2 is 1.81 bits per heavy atom. The number of anilines is 1. The second-order valence-corrected chi connectivity index (χ2v) is 4.39. The van der Waals surface area contributed by atoms with Gasteiger partial charge in [-0.15, -0.1) is 0 Å². The Morgan fingerprint density at radius 1 is 1.19 bits per heavy atom. The maximum Gasteiger partial charge on any atom is 1.00 e. The van der Waals surface area contributed by atoms with Crippen molar-refractivity contribution in [2.24, 2.45) is 0 Å². The number of carbonyl (C=O) groups excluding carboxylic acids is 2. The Morgan fingerprint density at radius 3 is 2.38 bits per heavy atom. The summed E-state index contributed by atoms with van der Waals surface area (Å²) in [5.41, 5.74) is 0.201. The van der Waals surface area contributed by atoms with E-state index in [0.29, 0.717) is 0 Å². The third kappa shape index (κ3) is 2.43. The first kappa shape index (κ1) is 14.0. The number of nitrogens with one attached hydrogen (secondary N) is 1. The molecule has 2 rings (SSSR count). The molecule has 0 aromatic heterocycles. The molecule has 8 heteroatoms. The molecule has 0 spiro atoms. The maximum atomic E-state index is 11.2. The molecule has 78 valence electrons. The van der Waals surface area contributed by atoms with Gasteiger partial charge < -0.3 is 5.32 Å². The van der Waals surface area contributed by atoms with E-state index in [0.717, 1.165) is 12.1 Å². The predicted octanol–water partition coefficient (Wildman–Crippen LogP) is -2.93. The molecule has 0 saturated carbocycles. The minimum Gasteiger partial charge on any atom is -0.318 e. The van der Waals surface area contributed by atoms with Crippen molar-refractivity contribution in [3.8, 4) is 0 Å². The fourth-order valence-electron chi connectivity index (χ4n) is 1.28. The molecular weight excluding hydrogens is 261 g/mol. The summed E-state index contributed by atoms with van der Waals surface area (Å²) in [4.78, 5) is 21.7. The fraction of sp³-hybridized carbons (Fsp3) is 0. The van der Waals surface area contributed by atoms with Crippen molar-refractivity contribution in [1.82, 2.24) is 0 Å². The van der Waals surface area contributed by atoms with Gasteiger partial charge in [-0.25, -0.2) is 0 Å². The van der Waals surface area contributed by atoms with Gasteiger partial charge in [-0.05, 0) is 18.2 Å². The zero-order chi connectivity index (χ0) is 11.2. The van der Waals surface area contributed by atoms with E-state index >= 15 is 0 Å². The number of hydrogen-bond donors (Lipinski definition) is 2. The van der Waals surface area contributed by atoms with Gasteiger partial charge in [-0.3, -0.25) is 14.1 Å².